The van der Waals surface area contributed by atoms with Crippen molar-refractivity contribution in [2.45, 2.75) is 0 Å². The monoisotopic (exact) mass is 559 g/mol. The van der Waals surface area contributed by atoms with Gasteiger partial charge in [0, 0.05) is 15.7 Å². The summed E-state index contributed by atoms with van der Waals surface area (Å²) in [4.78, 5) is 24.2. The van der Waals surface area contributed by atoms with Crippen molar-refractivity contribution in [1.29, 1.82) is 0 Å². The summed E-state index contributed by atoms with van der Waals surface area (Å²) in [6.45, 7) is -0.151. The molecule has 0 radical (unpaired) electrons. The summed E-state index contributed by atoms with van der Waals surface area (Å²) in [5, 5.41) is 6.72. The Balaban J connectivity index is 1.50. The Bertz CT molecular complexity index is 1120. The van der Waals surface area contributed by atoms with E-state index in [9.17, 15) is 9.59 Å². The summed E-state index contributed by atoms with van der Waals surface area (Å²) in [5.41, 5.74) is 4.37. The third kappa shape index (κ3) is 6.93. The van der Waals surface area contributed by atoms with Gasteiger partial charge in [0.2, 0.25) is 0 Å². The average Bonchev–Trinajstić information content (AvgIpc) is 2.79. The Kier molecular flexibility index (Phi) is 8.41. The lowest BCUT2D eigenvalue weighted by atomic mass is 10.2. The molecule has 2 amide bonds. The summed E-state index contributed by atoms with van der Waals surface area (Å²) >= 11 is 6.75. The molecule has 0 spiro atoms. The number of nitrogens with zero attached hydrogens (tertiary/aromatic N) is 1. The van der Waals surface area contributed by atoms with Crippen LogP contribution in [0.15, 0.2) is 80.8 Å². The van der Waals surface area contributed by atoms with Crippen LogP contribution in [0.3, 0.4) is 0 Å². The molecule has 0 unspecified atom stereocenters. The van der Waals surface area contributed by atoms with E-state index in [1.807, 2.05) is 0 Å². The molecule has 0 bridgehead atoms. The topological polar surface area (TPSA) is 89.0 Å². The Labute approximate surface area is 202 Å². The number of carbonyl (C=O) groups excluding carboxylic acids is 2. The maximum absolute atomic E-state index is 12.1. The standard InChI is InChI=1S/C23H19Br2N3O4/c1-31-19-9-7-18(8-10-19)27-22(29)14-32-21-11-2-15(12-20(21)25)13-26-28-23(30)16-3-5-17(24)6-4-16/h2-13H,14H2,1H3,(H,27,29)(H,28,30)/b26-13+. The van der Waals surface area contributed by atoms with Crippen molar-refractivity contribution in [1.82, 2.24) is 5.43 Å². The second-order valence-corrected chi connectivity index (χ2v) is 8.23. The fraction of sp³-hybridized carbons (Fsp3) is 0.0870. The number of rotatable bonds is 8. The molecule has 0 atom stereocenters. The lowest BCUT2D eigenvalue weighted by molar-refractivity contribution is -0.118. The zero-order chi connectivity index (χ0) is 22.9. The van der Waals surface area contributed by atoms with Crippen molar-refractivity contribution in [3.05, 3.63) is 86.8 Å². The van der Waals surface area contributed by atoms with E-state index in [0.717, 1.165) is 10.0 Å². The zero-order valence-electron chi connectivity index (χ0n) is 17.0. The van der Waals surface area contributed by atoms with E-state index in [2.05, 4.69) is 47.7 Å². The van der Waals surface area contributed by atoms with Gasteiger partial charge in [-0.15, -0.1) is 0 Å². The first-order chi connectivity index (χ1) is 15.4. The van der Waals surface area contributed by atoms with Crippen molar-refractivity contribution < 1.29 is 19.1 Å². The maximum Gasteiger partial charge on any atom is 0.271 e. The number of methoxy groups -OCH3 is 1. The van der Waals surface area contributed by atoms with E-state index in [1.165, 1.54) is 6.21 Å². The van der Waals surface area contributed by atoms with Gasteiger partial charge in [-0.3, -0.25) is 9.59 Å². The molecule has 0 aliphatic heterocycles. The summed E-state index contributed by atoms with van der Waals surface area (Å²) in [6, 6.07) is 19.2. The molecule has 7 nitrogen and oxygen atoms in total. The highest BCUT2D eigenvalue weighted by Gasteiger charge is 2.08. The van der Waals surface area contributed by atoms with Gasteiger partial charge in [-0.05, 0) is 88.2 Å². The quantitative estimate of drug-likeness (QED) is 0.300. The van der Waals surface area contributed by atoms with Crippen LogP contribution in [0.4, 0.5) is 5.69 Å². The summed E-state index contributed by atoms with van der Waals surface area (Å²) in [7, 11) is 1.58. The van der Waals surface area contributed by atoms with Crippen LogP contribution < -0.4 is 20.2 Å². The fourth-order valence-electron chi connectivity index (χ4n) is 2.56. The molecular weight excluding hydrogens is 542 g/mol. The van der Waals surface area contributed by atoms with Gasteiger partial charge in [0.1, 0.15) is 11.5 Å². The molecule has 0 aliphatic carbocycles. The van der Waals surface area contributed by atoms with Crippen molar-refractivity contribution in [2.75, 3.05) is 19.0 Å². The predicted molar refractivity (Wildman–Crippen MR) is 130 cm³/mol. The molecule has 32 heavy (non-hydrogen) atoms. The Hall–Kier alpha value is -3.17. The number of benzene rings is 3. The molecule has 3 rings (SSSR count). The van der Waals surface area contributed by atoms with E-state index in [0.29, 0.717) is 27.2 Å². The second-order valence-electron chi connectivity index (χ2n) is 6.46. The van der Waals surface area contributed by atoms with Crippen LogP contribution in [0.25, 0.3) is 0 Å². The molecule has 9 heteroatoms. The minimum atomic E-state index is -0.310. The van der Waals surface area contributed by atoms with Crippen molar-refractivity contribution in [2.24, 2.45) is 5.10 Å². The number of hydrazone groups is 1. The molecule has 0 saturated heterocycles. The van der Waals surface area contributed by atoms with Gasteiger partial charge in [-0.1, -0.05) is 15.9 Å². The van der Waals surface area contributed by atoms with Crippen LogP contribution >= 0.6 is 31.9 Å². The van der Waals surface area contributed by atoms with E-state index in [1.54, 1.807) is 73.8 Å². The smallest absolute Gasteiger partial charge is 0.271 e. The van der Waals surface area contributed by atoms with Crippen molar-refractivity contribution in [3.63, 3.8) is 0 Å². The fourth-order valence-corrected chi connectivity index (χ4v) is 3.34. The lowest BCUT2D eigenvalue weighted by Gasteiger charge is -2.10. The van der Waals surface area contributed by atoms with Gasteiger partial charge >= 0.3 is 0 Å². The number of amides is 2. The van der Waals surface area contributed by atoms with Gasteiger partial charge in [0.05, 0.1) is 17.8 Å². The van der Waals surface area contributed by atoms with Crippen molar-refractivity contribution >= 4 is 55.6 Å². The Morgan fingerprint density at radius 2 is 1.72 bits per heavy atom. The first-order valence-corrected chi connectivity index (χ1v) is 11.0. The number of anilines is 1. The van der Waals surface area contributed by atoms with Crippen LogP contribution in [0.2, 0.25) is 0 Å². The molecule has 0 fully saturated rings. The molecule has 0 aliphatic rings. The third-order valence-corrected chi connectivity index (χ3v) is 5.32. The maximum atomic E-state index is 12.1. The molecule has 3 aromatic carbocycles. The highest BCUT2D eigenvalue weighted by Crippen LogP contribution is 2.25. The van der Waals surface area contributed by atoms with Gasteiger partial charge < -0.3 is 14.8 Å². The van der Waals surface area contributed by atoms with Crippen LogP contribution in [-0.4, -0.2) is 31.7 Å². The lowest BCUT2D eigenvalue weighted by Crippen LogP contribution is -2.20. The van der Waals surface area contributed by atoms with E-state index < -0.39 is 0 Å². The number of ether oxygens (including phenoxy) is 2. The first kappa shape index (κ1) is 23.5. The minimum Gasteiger partial charge on any atom is -0.497 e. The highest BCUT2D eigenvalue weighted by atomic mass is 79.9. The van der Waals surface area contributed by atoms with Gasteiger partial charge in [-0.2, -0.15) is 5.10 Å². The van der Waals surface area contributed by atoms with Crippen molar-refractivity contribution in [3.8, 4) is 11.5 Å². The van der Waals surface area contributed by atoms with E-state index in [-0.39, 0.29) is 18.4 Å². The molecule has 164 valence electrons. The molecule has 0 saturated carbocycles. The Morgan fingerprint density at radius 3 is 2.38 bits per heavy atom. The third-order valence-electron chi connectivity index (χ3n) is 4.17. The average molecular weight is 561 g/mol. The first-order valence-electron chi connectivity index (χ1n) is 9.40. The number of hydrogen-bond acceptors (Lipinski definition) is 5. The number of nitrogens with one attached hydrogen (secondary N) is 2. The second kappa shape index (κ2) is 11.4. The van der Waals surface area contributed by atoms with E-state index in [4.69, 9.17) is 9.47 Å². The number of hydrogen-bond donors (Lipinski definition) is 2. The van der Waals surface area contributed by atoms with Crippen LogP contribution in [0.5, 0.6) is 11.5 Å². The molecular formula is C23H19Br2N3O4. The van der Waals surface area contributed by atoms with Crippen LogP contribution in [-0.2, 0) is 4.79 Å². The van der Waals surface area contributed by atoms with Crippen LogP contribution in [0.1, 0.15) is 15.9 Å². The number of carbonyl (C=O) groups is 2. The molecule has 0 aromatic heterocycles. The molecule has 0 heterocycles. The molecule has 3 aromatic rings. The summed E-state index contributed by atoms with van der Waals surface area (Å²) in [6.07, 6.45) is 1.52. The number of halogens is 2. The predicted octanol–water partition coefficient (Wildman–Crippen LogP) is 5.00. The Morgan fingerprint density at radius 1 is 1.00 bits per heavy atom. The summed E-state index contributed by atoms with van der Waals surface area (Å²) < 4.78 is 12.2. The zero-order valence-corrected chi connectivity index (χ0v) is 20.1. The van der Waals surface area contributed by atoms with Crippen LogP contribution in [0, 0.1) is 0 Å². The largest absolute Gasteiger partial charge is 0.497 e. The van der Waals surface area contributed by atoms with Gasteiger partial charge in [0.15, 0.2) is 6.61 Å². The van der Waals surface area contributed by atoms with Gasteiger partial charge in [-0.25, -0.2) is 5.43 Å². The normalized spacial score (nSPS) is 10.6. The van der Waals surface area contributed by atoms with Gasteiger partial charge in [0.25, 0.3) is 11.8 Å². The highest BCUT2D eigenvalue weighted by molar-refractivity contribution is 9.10. The minimum absolute atomic E-state index is 0.151. The molecule has 2 N–H and O–H groups in total. The van der Waals surface area contributed by atoms with E-state index >= 15 is 0 Å². The summed E-state index contributed by atoms with van der Waals surface area (Å²) in [5.74, 6) is 0.615. The SMILES string of the molecule is COc1ccc(NC(=O)COc2ccc(/C=N/NC(=O)c3ccc(Br)cc3)cc2Br)cc1.